The van der Waals surface area contributed by atoms with Crippen LogP contribution in [-0.4, -0.2) is 26.8 Å². The van der Waals surface area contributed by atoms with Crippen molar-refractivity contribution < 1.29 is 4.79 Å². The highest BCUT2D eigenvalue weighted by atomic mass is 32.2. The SMILES string of the molecule is CC(C)c1ccc(NC(=O)CSc2ccc(-c3ccncc3)nn2)cc1. The minimum atomic E-state index is -0.0627. The number of thioether (sulfide) groups is 1. The molecule has 0 radical (unpaired) electrons. The molecule has 6 heteroatoms. The van der Waals surface area contributed by atoms with Gasteiger partial charge < -0.3 is 5.32 Å². The summed E-state index contributed by atoms with van der Waals surface area (Å²) in [6.07, 6.45) is 3.44. The smallest absolute Gasteiger partial charge is 0.234 e. The lowest BCUT2D eigenvalue weighted by molar-refractivity contribution is -0.113. The molecule has 0 atom stereocenters. The molecule has 0 bridgehead atoms. The molecule has 1 amide bonds. The highest BCUT2D eigenvalue weighted by Gasteiger charge is 2.07. The molecule has 0 aliphatic rings. The summed E-state index contributed by atoms with van der Waals surface area (Å²) in [6, 6.07) is 15.5. The largest absolute Gasteiger partial charge is 0.325 e. The summed E-state index contributed by atoms with van der Waals surface area (Å²) in [5, 5.41) is 12.0. The highest BCUT2D eigenvalue weighted by molar-refractivity contribution is 7.99. The Balaban J connectivity index is 1.53. The van der Waals surface area contributed by atoms with Gasteiger partial charge in [0.05, 0.1) is 11.4 Å². The number of nitrogens with zero attached hydrogens (tertiary/aromatic N) is 3. The van der Waals surface area contributed by atoms with Crippen molar-refractivity contribution in [3.8, 4) is 11.3 Å². The molecule has 0 aliphatic heterocycles. The summed E-state index contributed by atoms with van der Waals surface area (Å²) >= 11 is 1.36. The van der Waals surface area contributed by atoms with Gasteiger partial charge in [-0.3, -0.25) is 9.78 Å². The second kappa shape index (κ2) is 8.58. The van der Waals surface area contributed by atoms with E-state index in [-0.39, 0.29) is 11.7 Å². The van der Waals surface area contributed by atoms with Crippen molar-refractivity contribution in [3.05, 3.63) is 66.5 Å². The maximum atomic E-state index is 12.1. The van der Waals surface area contributed by atoms with Gasteiger partial charge in [0.2, 0.25) is 5.91 Å². The standard InChI is InChI=1S/C20H20N4OS/c1-14(2)15-3-5-17(6-4-15)22-19(25)13-26-20-8-7-18(23-24-20)16-9-11-21-12-10-16/h3-12,14H,13H2,1-2H3,(H,22,25). The maximum Gasteiger partial charge on any atom is 0.234 e. The fourth-order valence-corrected chi connectivity index (χ4v) is 2.98. The second-order valence-electron chi connectivity index (χ2n) is 6.11. The third-order valence-corrected chi connectivity index (χ3v) is 4.75. The lowest BCUT2D eigenvalue weighted by Crippen LogP contribution is -2.14. The average Bonchev–Trinajstić information content (AvgIpc) is 2.68. The van der Waals surface area contributed by atoms with Crippen LogP contribution in [0.4, 0.5) is 5.69 Å². The fraction of sp³-hybridized carbons (Fsp3) is 0.200. The molecule has 2 aromatic heterocycles. The monoisotopic (exact) mass is 364 g/mol. The Bertz CT molecular complexity index is 849. The van der Waals surface area contributed by atoms with Crippen molar-refractivity contribution in [2.75, 3.05) is 11.1 Å². The van der Waals surface area contributed by atoms with Crippen molar-refractivity contribution in [1.29, 1.82) is 0 Å². The third kappa shape index (κ3) is 4.89. The summed E-state index contributed by atoms with van der Waals surface area (Å²) in [7, 11) is 0. The number of carbonyl (C=O) groups excluding carboxylic acids is 1. The van der Waals surface area contributed by atoms with Gasteiger partial charge in [-0.25, -0.2) is 0 Å². The zero-order valence-corrected chi connectivity index (χ0v) is 15.5. The van der Waals surface area contributed by atoms with Gasteiger partial charge in [-0.05, 0) is 47.9 Å². The van der Waals surface area contributed by atoms with Gasteiger partial charge in [0.25, 0.3) is 0 Å². The van der Waals surface area contributed by atoms with Crippen molar-refractivity contribution >= 4 is 23.4 Å². The number of carbonyl (C=O) groups is 1. The molecular weight excluding hydrogens is 344 g/mol. The zero-order valence-electron chi connectivity index (χ0n) is 14.7. The van der Waals surface area contributed by atoms with E-state index in [2.05, 4.69) is 34.3 Å². The second-order valence-corrected chi connectivity index (χ2v) is 7.10. The third-order valence-electron chi connectivity index (χ3n) is 3.83. The molecule has 0 spiro atoms. The van der Waals surface area contributed by atoms with Crippen LogP contribution in [0, 0.1) is 0 Å². The summed E-state index contributed by atoms with van der Waals surface area (Å²) in [5.74, 6) is 0.700. The Morgan fingerprint density at radius 3 is 2.35 bits per heavy atom. The highest BCUT2D eigenvalue weighted by Crippen LogP contribution is 2.20. The normalized spacial score (nSPS) is 10.7. The first-order valence-electron chi connectivity index (χ1n) is 8.38. The van der Waals surface area contributed by atoms with Crippen molar-refractivity contribution in [2.45, 2.75) is 24.8 Å². The molecular formula is C20H20N4OS. The number of nitrogens with one attached hydrogen (secondary N) is 1. The Hall–Kier alpha value is -2.73. The van der Waals surface area contributed by atoms with Crippen molar-refractivity contribution in [3.63, 3.8) is 0 Å². The molecule has 5 nitrogen and oxygen atoms in total. The predicted octanol–water partition coefficient (Wildman–Crippen LogP) is 4.39. The van der Waals surface area contributed by atoms with Crippen LogP contribution in [0.15, 0.2) is 66.0 Å². The predicted molar refractivity (Wildman–Crippen MR) is 105 cm³/mol. The van der Waals surface area contributed by atoms with E-state index in [0.717, 1.165) is 16.9 Å². The van der Waals surface area contributed by atoms with Gasteiger partial charge in [0.1, 0.15) is 5.03 Å². The van der Waals surface area contributed by atoms with E-state index in [1.165, 1.54) is 17.3 Å². The van der Waals surface area contributed by atoms with E-state index in [1.54, 1.807) is 12.4 Å². The van der Waals surface area contributed by atoms with E-state index in [0.29, 0.717) is 10.9 Å². The minimum absolute atomic E-state index is 0.0627. The van der Waals surface area contributed by atoms with Gasteiger partial charge in [-0.2, -0.15) is 0 Å². The minimum Gasteiger partial charge on any atom is -0.325 e. The first-order valence-corrected chi connectivity index (χ1v) is 9.37. The van der Waals surface area contributed by atoms with E-state index in [4.69, 9.17) is 0 Å². The van der Waals surface area contributed by atoms with Crippen LogP contribution in [0.25, 0.3) is 11.3 Å². The Morgan fingerprint density at radius 2 is 1.73 bits per heavy atom. The number of hydrogen-bond donors (Lipinski definition) is 1. The molecule has 0 unspecified atom stereocenters. The molecule has 26 heavy (non-hydrogen) atoms. The van der Waals surface area contributed by atoms with Crippen LogP contribution in [-0.2, 0) is 4.79 Å². The van der Waals surface area contributed by atoms with E-state index >= 15 is 0 Å². The topological polar surface area (TPSA) is 67.8 Å². The molecule has 0 saturated heterocycles. The van der Waals surface area contributed by atoms with E-state index in [1.807, 2.05) is 48.5 Å². The maximum absolute atomic E-state index is 12.1. The lowest BCUT2D eigenvalue weighted by atomic mass is 10.0. The summed E-state index contributed by atoms with van der Waals surface area (Å²) < 4.78 is 0. The number of amides is 1. The molecule has 132 valence electrons. The van der Waals surface area contributed by atoms with Gasteiger partial charge in [0.15, 0.2) is 0 Å². The first kappa shape index (κ1) is 18.1. The lowest BCUT2D eigenvalue weighted by Gasteiger charge is -2.08. The number of hydrogen-bond acceptors (Lipinski definition) is 5. The van der Waals surface area contributed by atoms with Crippen molar-refractivity contribution in [1.82, 2.24) is 15.2 Å². The Labute approximate surface area is 157 Å². The van der Waals surface area contributed by atoms with E-state index < -0.39 is 0 Å². The van der Waals surface area contributed by atoms with Gasteiger partial charge in [0, 0.05) is 23.6 Å². The quantitative estimate of drug-likeness (QED) is 0.657. The number of anilines is 1. The fourth-order valence-electron chi connectivity index (χ4n) is 2.36. The summed E-state index contributed by atoms with van der Waals surface area (Å²) in [6.45, 7) is 4.29. The van der Waals surface area contributed by atoms with Gasteiger partial charge in [-0.1, -0.05) is 37.7 Å². The number of rotatable bonds is 6. The number of pyridine rings is 1. The molecule has 3 rings (SSSR count). The molecule has 1 aromatic carbocycles. The van der Waals surface area contributed by atoms with E-state index in [9.17, 15) is 4.79 Å². The molecule has 3 aromatic rings. The molecule has 0 aliphatic carbocycles. The first-order chi connectivity index (χ1) is 12.6. The average molecular weight is 364 g/mol. The van der Waals surface area contributed by atoms with Crippen LogP contribution in [0.1, 0.15) is 25.3 Å². The number of benzene rings is 1. The zero-order chi connectivity index (χ0) is 18.4. The van der Waals surface area contributed by atoms with Crippen molar-refractivity contribution in [2.24, 2.45) is 0 Å². The van der Waals surface area contributed by atoms with Crippen LogP contribution < -0.4 is 5.32 Å². The Morgan fingerprint density at radius 1 is 1.00 bits per heavy atom. The molecule has 0 saturated carbocycles. The van der Waals surface area contributed by atoms with Crippen LogP contribution >= 0.6 is 11.8 Å². The molecule has 2 heterocycles. The summed E-state index contributed by atoms with van der Waals surface area (Å²) in [4.78, 5) is 16.1. The van der Waals surface area contributed by atoms with Gasteiger partial charge >= 0.3 is 0 Å². The molecule has 0 fully saturated rings. The van der Waals surface area contributed by atoms with Crippen LogP contribution in [0.3, 0.4) is 0 Å². The Kier molecular flexibility index (Phi) is 5.96. The van der Waals surface area contributed by atoms with Crippen LogP contribution in [0.5, 0.6) is 0 Å². The number of aromatic nitrogens is 3. The van der Waals surface area contributed by atoms with Gasteiger partial charge in [-0.15, -0.1) is 10.2 Å². The summed E-state index contributed by atoms with van der Waals surface area (Å²) in [5.41, 5.74) is 3.80. The van der Waals surface area contributed by atoms with Crippen LogP contribution in [0.2, 0.25) is 0 Å². The molecule has 1 N–H and O–H groups in total.